The van der Waals surface area contributed by atoms with Crippen molar-refractivity contribution in [3.05, 3.63) is 0 Å². The van der Waals surface area contributed by atoms with Crippen LogP contribution in [-0.2, 0) is 9.53 Å². The van der Waals surface area contributed by atoms with Crippen molar-refractivity contribution in [2.45, 2.75) is 70.9 Å². The van der Waals surface area contributed by atoms with Crippen LogP contribution >= 0.6 is 0 Å². The molecule has 0 aromatic carbocycles. The van der Waals surface area contributed by atoms with Gasteiger partial charge in [0.25, 0.3) is 0 Å². The fourth-order valence-corrected chi connectivity index (χ4v) is 5.70. The lowest BCUT2D eigenvalue weighted by Gasteiger charge is -2.46. The maximum Gasteiger partial charge on any atom is 0.310 e. The predicted octanol–water partition coefficient (Wildman–Crippen LogP) is 3.72. The second kappa shape index (κ2) is 6.51. The van der Waals surface area contributed by atoms with E-state index in [1.165, 1.54) is 44.9 Å². The van der Waals surface area contributed by atoms with Crippen LogP contribution in [0.15, 0.2) is 0 Å². The fourth-order valence-electron chi connectivity index (χ4n) is 5.70. The van der Waals surface area contributed by atoms with E-state index in [0.717, 1.165) is 17.8 Å². The molecule has 0 radical (unpaired) electrons. The Labute approximate surface area is 135 Å². The molecule has 1 saturated carbocycles. The second-order valence-electron chi connectivity index (χ2n) is 8.33. The summed E-state index contributed by atoms with van der Waals surface area (Å²) in [6.07, 6.45) is 9.03. The lowest BCUT2D eigenvalue weighted by molar-refractivity contribution is -0.154. The number of rotatable bonds is 3. The third kappa shape index (κ3) is 2.81. The largest absolute Gasteiger partial charge is 0.469 e. The molecule has 3 fully saturated rings. The van der Waals surface area contributed by atoms with Crippen molar-refractivity contribution < 1.29 is 9.53 Å². The molecule has 2 saturated heterocycles. The van der Waals surface area contributed by atoms with Gasteiger partial charge in [-0.3, -0.25) is 9.69 Å². The molecule has 3 nitrogen and oxygen atoms in total. The molecule has 0 amide bonds. The van der Waals surface area contributed by atoms with Gasteiger partial charge < -0.3 is 4.74 Å². The molecular weight excluding hydrogens is 274 g/mol. The van der Waals surface area contributed by atoms with E-state index >= 15 is 0 Å². The number of carbonyl (C=O) groups excluding carboxylic acids is 1. The number of piperidine rings is 1. The quantitative estimate of drug-likeness (QED) is 0.744. The number of esters is 1. The molecule has 2 bridgehead atoms. The van der Waals surface area contributed by atoms with Gasteiger partial charge in [-0.25, -0.2) is 0 Å². The third-order valence-corrected chi connectivity index (χ3v) is 7.15. The molecule has 2 unspecified atom stereocenters. The van der Waals surface area contributed by atoms with Crippen molar-refractivity contribution in [1.82, 2.24) is 4.90 Å². The van der Waals surface area contributed by atoms with Crippen LogP contribution in [0.1, 0.15) is 58.8 Å². The van der Waals surface area contributed by atoms with Crippen molar-refractivity contribution in [2.24, 2.45) is 29.6 Å². The summed E-state index contributed by atoms with van der Waals surface area (Å²) in [5, 5.41) is 0. The normalized spacial score (nSPS) is 42.6. The average molecular weight is 307 g/mol. The van der Waals surface area contributed by atoms with E-state index < -0.39 is 0 Å². The number of hydrogen-bond donors (Lipinski definition) is 0. The standard InChI is InChI=1S/C19H33NO2/c1-12(2)13-5-7-14(8-6-13)16-11-15-9-10-17(20(15)3)18(16)19(21)22-4/h12-18H,5-11H2,1-4H3/t13?,14?,15-,16-,17?,18?/m1/s1. The van der Waals surface area contributed by atoms with Crippen LogP contribution in [0, 0.1) is 29.6 Å². The van der Waals surface area contributed by atoms with Crippen molar-refractivity contribution >= 4 is 5.97 Å². The molecule has 2 heterocycles. The van der Waals surface area contributed by atoms with Crippen molar-refractivity contribution in [1.29, 1.82) is 0 Å². The van der Waals surface area contributed by atoms with Gasteiger partial charge in [-0.2, -0.15) is 0 Å². The summed E-state index contributed by atoms with van der Waals surface area (Å²) in [6, 6.07) is 1.14. The van der Waals surface area contributed by atoms with Crippen LogP contribution in [0.4, 0.5) is 0 Å². The Morgan fingerprint density at radius 2 is 1.77 bits per heavy atom. The van der Waals surface area contributed by atoms with Gasteiger partial charge in [-0.05, 0) is 75.7 Å². The van der Waals surface area contributed by atoms with Gasteiger partial charge >= 0.3 is 5.97 Å². The number of nitrogens with zero attached hydrogens (tertiary/aromatic N) is 1. The van der Waals surface area contributed by atoms with E-state index in [1.807, 2.05) is 0 Å². The first-order chi connectivity index (χ1) is 10.5. The van der Waals surface area contributed by atoms with Gasteiger partial charge in [-0.15, -0.1) is 0 Å². The first kappa shape index (κ1) is 16.3. The molecule has 4 atom stereocenters. The van der Waals surface area contributed by atoms with Crippen LogP contribution in [0.3, 0.4) is 0 Å². The highest BCUT2D eigenvalue weighted by atomic mass is 16.5. The molecule has 0 N–H and O–H groups in total. The van der Waals surface area contributed by atoms with E-state index in [9.17, 15) is 4.79 Å². The van der Waals surface area contributed by atoms with Crippen LogP contribution in [-0.4, -0.2) is 37.1 Å². The van der Waals surface area contributed by atoms with Crippen molar-refractivity contribution in [3.63, 3.8) is 0 Å². The highest BCUT2D eigenvalue weighted by molar-refractivity contribution is 5.74. The number of methoxy groups -OCH3 is 1. The van der Waals surface area contributed by atoms with E-state index in [2.05, 4.69) is 25.8 Å². The van der Waals surface area contributed by atoms with Crippen molar-refractivity contribution in [3.8, 4) is 0 Å². The maximum absolute atomic E-state index is 12.5. The minimum atomic E-state index is 0.0492. The lowest BCUT2D eigenvalue weighted by atomic mass is 9.65. The topological polar surface area (TPSA) is 29.5 Å². The molecule has 2 aliphatic heterocycles. The Bertz CT molecular complexity index is 400. The third-order valence-electron chi connectivity index (χ3n) is 7.15. The van der Waals surface area contributed by atoms with Gasteiger partial charge in [0.05, 0.1) is 13.0 Å². The Hall–Kier alpha value is -0.570. The number of ether oxygens (including phenoxy) is 1. The molecule has 0 aromatic rings. The van der Waals surface area contributed by atoms with Gasteiger partial charge in [0.15, 0.2) is 0 Å². The van der Waals surface area contributed by atoms with E-state index in [-0.39, 0.29) is 11.9 Å². The lowest BCUT2D eigenvalue weighted by Crippen LogP contribution is -2.52. The smallest absolute Gasteiger partial charge is 0.310 e. The molecule has 22 heavy (non-hydrogen) atoms. The first-order valence-corrected chi connectivity index (χ1v) is 9.32. The van der Waals surface area contributed by atoms with Crippen LogP contribution in [0.2, 0.25) is 0 Å². The summed E-state index contributed by atoms with van der Waals surface area (Å²) in [5.41, 5.74) is 0. The number of carbonyl (C=O) groups is 1. The number of fused-ring (bicyclic) bond motifs is 2. The van der Waals surface area contributed by atoms with Gasteiger partial charge in [0.1, 0.15) is 0 Å². The summed E-state index contributed by atoms with van der Waals surface area (Å²) in [4.78, 5) is 14.9. The highest BCUT2D eigenvalue weighted by Crippen LogP contribution is 2.49. The molecule has 3 aliphatic rings. The molecule has 1 aliphatic carbocycles. The summed E-state index contributed by atoms with van der Waals surface area (Å²) in [6.45, 7) is 4.72. The monoisotopic (exact) mass is 307 g/mol. The SMILES string of the molecule is COC(=O)C1C2CC[C@H](C[C@@H]1C1CCC(C(C)C)CC1)N2C. The van der Waals surface area contributed by atoms with Crippen molar-refractivity contribution in [2.75, 3.05) is 14.2 Å². The average Bonchev–Trinajstić information content (AvgIpc) is 2.76. The Morgan fingerprint density at radius 3 is 2.36 bits per heavy atom. The Balaban J connectivity index is 1.73. The molecule has 0 aromatic heterocycles. The van der Waals surface area contributed by atoms with E-state index in [1.54, 1.807) is 7.11 Å². The summed E-state index contributed by atoms with van der Waals surface area (Å²) in [5.74, 6) is 3.19. The molecular formula is C19H33NO2. The fraction of sp³-hybridized carbons (Fsp3) is 0.947. The zero-order chi connectivity index (χ0) is 15.9. The predicted molar refractivity (Wildman–Crippen MR) is 88.5 cm³/mol. The zero-order valence-corrected chi connectivity index (χ0v) is 14.8. The van der Waals surface area contributed by atoms with Crippen LogP contribution in [0.25, 0.3) is 0 Å². The van der Waals surface area contributed by atoms with Crippen LogP contribution < -0.4 is 0 Å². The van der Waals surface area contributed by atoms with E-state index in [0.29, 0.717) is 18.0 Å². The number of hydrogen-bond acceptors (Lipinski definition) is 3. The Kier molecular flexibility index (Phi) is 4.82. The molecule has 126 valence electrons. The highest BCUT2D eigenvalue weighted by Gasteiger charge is 2.51. The summed E-state index contributed by atoms with van der Waals surface area (Å²) in [7, 11) is 3.78. The van der Waals surface area contributed by atoms with E-state index in [4.69, 9.17) is 4.74 Å². The maximum atomic E-state index is 12.5. The molecule has 3 heteroatoms. The Morgan fingerprint density at radius 1 is 1.09 bits per heavy atom. The van der Waals surface area contributed by atoms with Gasteiger partial charge in [0.2, 0.25) is 0 Å². The second-order valence-corrected chi connectivity index (χ2v) is 8.33. The zero-order valence-electron chi connectivity index (χ0n) is 14.8. The molecule has 0 spiro atoms. The minimum absolute atomic E-state index is 0.0492. The van der Waals surface area contributed by atoms with Crippen LogP contribution in [0.5, 0.6) is 0 Å². The minimum Gasteiger partial charge on any atom is -0.469 e. The molecule has 3 rings (SSSR count). The van der Waals surface area contributed by atoms with Gasteiger partial charge in [0, 0.05) is 12.1 Å². The first-order valence-electron chi connectivity index (χ1n) is 9.32. The summed E-state index contributed by atoms with van der Waals surface area (Å²) < 4.78 is 5.20. The van der Waals surface area contributed by atoms with Gasteiger partial charge in [-0.1, -0.05) is 13.8 Å². The summed E-state index contributed by atoms with van der Waals surface area (Å²) >= 11 is 0.